The van der Waals surface area contributed by atoms with Gasteiger partial charge in [-0.15, -0.1) is 0 Å². The van der Waals surface area contributed by atoms with Crippen LogP contribution in [0.1, 0.15) is 9.68 Å². The fourth-order valence-electron chi connectivity index (χ4n) is 4.06. The monoisotopic (exact) mass is 341 g/mol. The molecule has 0 bridgehead atoms. The summed E-state index contributed by atoms with van der Waals surface area (Å²) in [6.07, 6.45) is 5.24. The molecule has 1 aromatic carbocycles. The van der Waals surface area contributed by atoms with E-state index in [2.05, 4.69) is 14.5 Å². The topological polar surface area (TPSA) is 39.5 Å². The summed E-state index contributed by atoms with van der Waals surface area (Å²) in [5.74, 6) is 0.661. The molecule has 0 aliphatic carbocycles. The van der Waals surface area contributed by atoms with Gasteiger partial charge in [0.15, 0.2) is 5.52 Å². The van der Waals surface area contributed by atoms with Crippen LogP contribution in [0.2, 0.25) is 0 Å². The van der Waals surface area contributed by atoms with E-state index in [0.29, 0.717) is 18.0 Å². The Bertz CT molecular complexity index is 1410. The van der Waals surface area contributed by atoms with Crippen LogP contribution in [0.25, 0.3) is 39.3 Å². The maximum absolute atomic E-state index is 8.34. The molecule has 124 valence electrons. The number of nitrogens with zero attached hydrogens (tertiary/aromatic N) is 5. The van der Waals surface area contributed by atoms with Gasteiger partial charge in [0.25, 0.3) is 5.65 Å². The second-order valence-corrected chi connectivity index (χ2v) is 6.50. The SMILES string of the molecule is [2H]C([2H])([2H])[n+]1c2n(c3c4cccnc4n(-c4ccccc4)c31)Cc1ccncc1-2. The van der Waals surface area contributed by atoms with Gasteiger partial charge in [-0.2, -0.15) is 0 Å². The third-order valence-electron chi connectivity index (χ3n) is 5.12. The molecular weight excluding hydrogens is 322 g/mol. The number of fused-ring (bicyclic) bond motifs is 7. The van der Waals surface area contributed by atoms with E-state index < -0.39 is 6.98 Å². The fourth-order valence-corrected chi connectivity index (χ4v) is 4.06. The lowest BCUT2D eigenvalue weighted by Gasteiger charge is -2.02. The Labute approximate surface area is 154 Å². The van der Waals surface area contributed by atoms with E-state index in [9.17, 15) is 0 Å². The number of pyridine rings is 2. The second kappa shape index (κ2) is 4.79. The molecule has 5 nitrogen and oxygen atoms in total. The largest absolute Gasteiger partial charge is 0.275 e. The Balaban J connectivity index is 1.88. The normalized spacial score (nSPS) is 14.8. The Morgan fingerprint density at radius 1 is 1.08 bits per heavy atom. The zero-order valence-electron chi connectivity index (χ0n) is 16.8. The highest BCUT2D eigenvalue weighted by atomic mass is 15.3. The molecular formula is C21H16N5+. The van der Waals surface area contributed by atoms with Crippen molar-refractivity contribution >= 4 is 22.2 Å². The molecule has 0 amide bonds. The zero-order chi connectivity index (χ0) is 19.8. The van der Waals surface area contributed by atoms with Gasteiger partial charge in [0, 0.05) is 24.2 Å². The highest BCUT2D eigenvalue weighted by Crippen LogP contribution is 2.37. The summed E-state index contributed by atoms with van der Waals surface area (Å²) in [6.45, 7) is -1.76. The van der Waals surface area contributed by atoms with Crippen molar-refractivity contribution in [1.82, 2.24) is 19.1 Å². The number of aromatic nitrogens is 5. The molecule has 0 spiro atoms. The first-order chi connectivity index (χ1) is 14.1. The highest BCUT2D eigenvalue weighted by molar-refractivity contribution is 6.04. The molecule has 5 heteroatoms. The van der Waals surface area contributed by atoms with Crippen LogP contribution in [0.5, 0.6) is 0 Å². The summed E-state index contributed by atoms with van der Waals surface area (Å²) in [5.41, 5.74) is 5.04. The van der Waals surface area contributed by atoms with E-state index in [1.165, 1.54) is 4.57 Å². The fraction of sp³-hybridized carbons (Fsp3) is 0.0952. The Morgan fingerprint density at radius 2 is 2.00 bits per heavy atom. The summed E-state index contributed by atoms with van der Waals surface area (Å²) in [4.78, 5) is 8.85. The van der Waals surface area contributed by atoms with Gasteiger partial charge in [-0.25, -0.2) is 18.7 Å². The van der Waals surface area contributed by atoms with Gasteiger partial charge in [-0.1, -0.05) is 18.2 Å². The van der Waals surface area contributed by atoms with Crippen molar-refractivity contribution in [2.45, 2.75) is 6.54 Å². The molecule has 0 N–H and O–H groups in total. The van der Waals surface area contributed by atoms with Gasteiger partial charge in [0.05, 0.1) is 28.6 Å². The van der Waals surface area contributed by atoms with E-state index >= 15 is 0 Å². The Kier molecular flexibility index (Phi) is 2.06. The molecule has 0 saturated carbocycles. The van der Waals surface area contributed by atoms with Gasteiger partial charge >= 0.3 is 0 Å². The van der Waals surface area contributed by atoms with Crippen LogP contribution in [-0.4, -0.2) is 19.1 Å². The Morgan fingerprint density at radius 3 is 2.88 bits per heavy atom. The number of benzene rings is 1. The summed E-state index contributed by atoms with van der Waals surface area (Å²) >= 11 is 0. The zero-order valence-corrected chi connectivity index (χ0v) is 13.8. The number of para-hydroxylation sites is 1. The average Bonchev–Trinajstić information content (AvgIpc) is 3.34. The minimum Gasteiger partial charge on any atom is -0.264 e. The van der Waals surface area contributed by atoms with Crippen molar-refractivity contribution < 1.29 is 8.68 Å². The molecule has 5 heterocycles. The van der Waals surface area contributed by atoms with Gasteiger partial charge in [0.1, 0.15) is 5.69 Å². The maximum atomic E-state index is 8.34. The number of hydrogen-bond donors (Lipinski definition) is 0. The van der Waals surface area contributed by atoms with Crippen LogP contribution in [0, 0.1) is 0 Å². The first kappa shape index (κ1) is 11.2. The number of imidazole rings is 1. The predicted octanol–water partition coefficient (Wildman–Crippen LogP) is 3.23. The average molecular weight is 341 g/mol. The summed E-state index contributed by atoms with van der Waals surface area (Å²) < 4.78 is 30.5. The first-order valence-corrected chi connectivity index (χ1v) is 8.48. The van der Waals surface area contributed by atoms with E-state index in [1.54, 1.807) is 18.6 Å². The van der Waals surface area contributed by atoms with E-state index in [0.717, 1.165) is 33.4 Å². The maximum Gasteiger partial charge on any atom is 0.275 e. The third kappa shape index (κ3) is 1.57. The molecule has 1 aliphatic rings. The molecule has 1 aliphatic heterocycles. The quantitative estimate of drug-likeness (QED) is 0.431. The number of aryl methyl sites for hydroxylation is 1. The molecule has 0 atom stereocenters. The number of hydrogen-bond acceptors (Lipinski definition) is 2. The summed E-state index contributed by atoms with van der Waals surface area (Å²) in [7, 11) is 0. The lowest BCUT2D eigenvalue weighted by atomic mass is 10.2. The lowest BCUT2D eigenvalue weighted by Crippen LogP contribution is -2.31. The van der Waals surface area contributed by atoms with Gasteiger partial charge in [-0.05, 0) is 30.3 Å². The second-order valence-electron chi connectivity index (χ2n) is 6.50. The van der Waals surface area contributed by atoms with Crippen molar-refractivity contribution in [1.29, 1.82) is 0 Å². The third-order valence-corrected chi connectivity index (χ3v) is 5.12. The Hall–Kier alpha value is -3.47. The van der Waals surface area contributed by atoms with Crippen molar-refractivity contribution in [2.75, 3.05) is 0 Å². The van der Waals surface area contributed by atoms with Crippen molar-refractivity contribution in [2.24, 2.45) is 6.98 Å². The number of rotatable bonds is 1. The molecule has 26 heavy (non-hydrogen) atoms. The van der Waals surface area contributed by atoms with Crippen LogP contribution in [0.4, 0.5) is 0 Å². The van der Waals surface area contributed by atoms with Crippen LogP contribution >= 0.6 is 0 Å². The molecule has 5 aromatic rings. The predicted molar refractivity (Wildman–Crippen MR) is 100 cm³/mol. The smallest absolute Gasteiger partial charge is 0.264 e. The van der Waals surface area contributed by atoms with Crippen LogP contribution < -0.4 is 4.57 Å². The summed E-state index contributed by atoms with van der Waals surface area (Å²) in [6, 6.07) is 15.6. The van der Waals surface area contributed by atoms with Crippen LogP contribution in [-0.2, 0) is 13.5 Å². The van der Waals surface area contributed by atoms with Gasteiger partial charge < -0.3 is 0 Å². The van der Waals surface area contributed by atoms with E-state index in [4.69, 9.17) is 4.11 Å². The van der Waals surface area contributed by atoms with E-state index in [-0.39, 0.29) is 0 Å². The lowest BCUT2D eigenvalue weighted by molar-refractivity contribution is -0.636. The minimum atomic E-state index is -2.36. The van der Waals surface area contributed by atoms with Crippen molar-refractivity contribution in [3.63, 3.8) is 0 Å². The summed E-state index contributed by atoms with van der Waals surface area (Å²) in [5, 5.41) is 0.927. The molecule has 6 rings (SSSR count). The van der Waals surface area contributed by atoms with Crippen molar-refractivity contribution in [3.8, 4) is 17.1 Å². The van der Waals surface area contributed by atoms with Crippen molar-refractivity contribution in [3.05, 3.63) is 72.7 Å². The van der Waals surface area contributed by atoms with Gasteiger partial charge in [-0.3, -0.25) is 4.98 Å². The molecule has 0 saturated heterocycles. The first-order valence-electron chi connectivity index (χ1n) is 9.98. The van der Waals surface area contributed by atoms with Gasteiger partial charge in [0.2, 0.25) is 11.5 Å². The van der Waals surface area contributed by atoms with Crippen LogP contribution in [0.15, 0.2) is 67.1 Å². The molecule has 0 radical (unpaired) electrons. The van der Waals surface area contributed by atoms with E-state index in [1.807, 2.05) is 53.1 Å². The minimum absolute atomic E-state index is 0.607. The molecule has 4 aromatic heterocycles. The molecule has 0 unspecified atom stereocenters. The standard InChI is InChI=1S/C21H16N5/c1-24-20-17-12-22-11-9-14(17)13-25(20)18-16-8-5-10-23-19(16)26(21(18)24)15-6-3-2-4-7-15/h2-12H,13H2,1H3/q+1/i1D3. The highest BCUT2D eigenvalue weighted by Gasteiger charge is 2.35. The molecule has 0 fully saturated rings. The van der Waals surface area contributed by atoms with Crippen LogP contribution in [0.3, 0.4) is 0 Å².